The van der Waals surface area contributed by atoms with E-state index in [2.05, 4.69) is 21.1 Å². The summed E-state index contributed by atoms with van der Waals surface area (Å²) in [6.07, 6.45) is 0.461. The molecule has 126 valence electrons. The molecule has 1 aromatic heterocycles. The van der Waals surface area contributed by atoms with E-state index in [1.54, 1.807) is 0 Å². The number of hydrogen-bond acceptors (Lipinski definition) is 4. The summed E-state index contributed by atoms with van der Waals surface area (Å²) in [6.45, 7) is 0.216. The summed E-state index contributed by atoms with van der Waals surface area (Å²) in [6, 6.07) is 14.0. The van der Waals surface area contributed by atoms with Gasteiger partial charge in [-0.15, -0.1) is 0 Å². The number of urea groups is 1. The molecule has 0 spiro atoms. The van der Waals surface area contributed by atoms with E-state index in [0.29, 0.717) is 17.7 Å². The molecule has 3 N–H and O–H groups in total. The number of para-hydroxylation sites is 2. The molecule has 0 bridgehead atoms. The van der Waals surface area contributed by atoms with Crippen molar-refractivity contribution < 1.29 is 14.1 Å². The Hall–Kier alpha value is -3.35. The lowest BCUT2D eigenvalue weighted by molar-refractivity contribution is -0.118. The summed E-state index contributed by atoms with van der Waals surface area (Å²) in [7, 11) is 0. The highest BCUT2D eigenvalue weighted by Gasteiger charge is 2.27. The van der Waals surface area contributed by atoms with Crippen LogP contribution in [0.15, 0.2) is 53.1 Å². The van der Waals surface area contributed by atoms with Gasteiger partial charge in [0.25, 0.3) is 0 Å². The third-order valence-electron chi connectivity index (χ3n) is 4.19. The van der Waals surface area contributed by atoms with E-state index < -0.39 is 12.1 Å². The average Bonchev–Trinajstić information content (AvgIpc) is 3.04. The maximum Gasteiger partial charge on any atom is 0.315 e. The van der Waals surface area contributed by atoms with Crippen molar-refractivity contribution in [1.29, 1.82) is 0 Å². The Morgan fingerprint density at radius 3 is 2.92 bits per heavy atom. The lowest BCUT2D eigenvalue weighted by Crippen LogP contribution is -2.50. The first-order valence-electron chi connectivity index (χ1n) is 7.97. The fraction of sp³-hybridized carbons (Fsp3) is 0.167. The number of aromatic nitrogens is 1. The number of carbonyl (C=O) groups is 2. The van der Waals surface area contributed by atoms with Crippen molar-refractivity contribution in [3.63, 3.8) is 0 Å². The molecule has 3 aromatic rings. The number of amides is 3. The van der Waals surface area contributed by atoms with Crippen LogP contribution in [-0.2, 0) is 17.8 Å². The van der Waals surface area contributed by atoms with Gasteiger partial charge in [-0.25, -0.2) is 4.79 Å². The Kier molecular flexibility index (Phi) is 3.81. The number of benzene rings is 2. The number of anilines is 1. The quantitative estimate of drug-likeness (QED) is 0.683. The number of fused-ring (bicyclic) bond motifs is 2. The van der Waals surface area contributed by atoms with Crippen molar-refractivity contribution in [2.24, 2.45) is 0 Å². The Labute approximate surface area is 143 Å². The van der Waals surface area contributed by atoms with Gasteiger partial charge < -0.3 is 20.5 Å². The van der Waals surface area contributed by atoms with Crippen molar-refractivity contribution in [3.8, 4) is 0 Å². The van der Waals surface area contributed by atoms with E-state index in [9.17, 15) is 9.59 Å². The summed E-state index contributed by atoms with van der Waals surface area (Å²) in [5.41, 5.74) is 3.10. The fourth-order valence-electron chi connectivity index (χ4n) is 2.91. The highest BCUT2D eigenvalue weighted by molar-refractivity contribution is 5.99. The third kappa shape index (κ3) is 3.03. The van der Waals surface area contributed by atoms with Gasteiger partial charge >= 0.3 is 6.03 Å². The zero-order valence-electron chi connectivity index (χ0n) is 13.3. The van der Waals surface area contributed by atoms with Gasteiger partial charge in [0.05, 0.1) is 6.54 Å². The van der Waals surface area contributed by atoms with E-state index >= 15 is 0 Å². The molecule has 0 aliphatic carbocycles. The molecule has 1 aliphatic heterocycles. The second kappa shape index (κ2) is 6.27. The molecule has 0 saturated carbocycles. The topological polar surface area (TPSA) is 96.3 Å². The molecule has 3 amide bonds. The molecule has 7 nitrogen and oxygen atoms in total. The van der Waals surface area contributed by atoms with Gasteiger partial charge in [-0.2, -0.15) is 0 Å². The molecular weight excluding hydrogens is 320 g/mol. The maximum absolute atomic E-state index is 12.1. The van der Waals surface area contributed by atoms with Crippen LogP contribution < -0.4 is 16.0 Å². The van der Waals surface area contributed by atoms with E-state index in [-0.39, 0.29) is 12.5 Å². The van der Waals surface area contributed by atoms with Crippen LogP contribution in [0, 0.1) is 0 Å². The highest BCUT2D eigenvalue weighted by atomic mass is 16.5. The summed E-state index contributed by atoms with van der Waals surface area (Å²) in [5, 5.41) is 13.0. The fourth-order valence-corrected chi connectivity index (χ4v) is 2.91. The number of hydrogen-bond donors (Lipinski definition) is 3. The Balaban J connectivity index is 1.39. The normalized spacial score (nSPS) is 16.2. The first-order chi connectivity index (χ1) is 12.2. The molecular formula is C18H16N4O3. The van der Waals surface area contributed by atoms with Crippen molar-refractivity contribution in [3.05, 3.63) is 59.8 Å². The van der Waals surface area contributed by atoms with E-state index in [1.807, 2.05) is 48.5 Å². The molecule has 0 radical (unpaired) electrons. The van der Waals surface area contributed by atoms with Crippen LogP contribution in [0.2, 0.25) is 0 Å². The monoisotopic (exact) mass is 336 g/mol. The molecule has 25 heavy (non-hydrogen) atoms. The number of nitrogens with one attached hydrogen (secondary N) is 3. The van der Waals surface area contributed by atoms with Crippen molar-refractivity contribution in [2.75, 3.05) is 5.32 Å². The number of nitrogens with zero attached hydrogens (tertiary/aromatic N) is 1. The van der Waals surface area contributed by atoms with E-state index in [0.717, 1.165) is 16.6 Å². The molecule has 4 rings (SSSR count). The Bertz CT molecular complexity index is 950. The summed E-state index contributed by atoms with van der Waals surface area (Å²) in [4.78, 5) is 24.3. The van der Waals surface area contributed by atoms with Crippen molar-refractivity contribution in [2.45, 2.75) is 19.0 Å². The van der Waals surface area contributed by atoms with Gasteiger partial charge in [-0.3, -0.25) is 4.79 Å². The van der Waals surface area contributed by atoms with Crippen LogP contribution in [0.5, 0.6) is 0 Å². The molecule has 7 heteroatoms. The minimum Gasteiger partial charge on any atom is -0.356 e. The molecule has 1 aliphatic rings. The molecule has 0 fully saturated rings. The van der Waals surface area contributed by atoms with Crippen LogP contribution in [0.1, 0.15) is 11.3 Å². The SMILES string of the molecule is O=C(NCc1noc2ccccc12)NC1Cc2ccccc2NC1=O. The minimum absolute atomic E-state index is 0.216. The summed E-state index contributed by atoms with van der Waals surface area (Å²) >= 11 is 0. The van der Waals surface area contributed by atoms with Crippen molar-refractivity contribution >= 4 is 28.6 Å². The van der Waals surface area contributed by atoms with Crippen LogP contribution in [-0.4, -0.2) is 23.1 Å². The van der Waals surface area contributed by atoms with Crippen LogP contribution >= 0.6 is 0 Å². The Morgan fingerprint density at radius 1 is 1.20 bits per heavy atom. The van der Waals surface area contributed by atoms with Gasteiger partial charge in [0, 0.05) is 17.5 Å². The molecule has 1 atom stereocenters. The molecule has 0 saturated heterocycles. The van der Waals surface area contributed by atoms with Crippen LogP contribution in [0.25, 0.3) is 11.0 Å². The van der Waals surface area contributed by atoms with E-state index in [1.165, 1.54) is 0 Å². The van der Waals surface area contributed by atoms with Crippen molar-refractivity contribution in [1.82, 2.24) is 15.8 Å². The van der Waals surface area contributed by atoms with Gasteiger partial charge in [0.2, 0.25) is 5.91 Å². The lowest BCUT2D eigenvalue weighted by atomic mass is 9.99. The zero-order valence-corrected chi connectivity index (χ0v) is 13.3. The molecule has 2 aromatic carbocycles. The molecule has 2 heterocycles. The van der Waals surface area contributed by atoms with Gasteiger partial charge in [0.1, 0.15) is 11.7 Å². The second-order valence-corrected chi connectivity index (χ2v) is 5.86. The smallest absolute Gasteiger partial charge is 0.315 e. The number of carbonyl (C=O) groups excluding carboxylic acids is 2. The third-order valence-corrected chi connectivity index (χ3v) is 4.19. The first-order valence-corrected chi connectivity index (χ1v) is 7.97. The van der Waals surface area contributed by atoms with E-state index in [4.69, 9.17) is 4.52 Å². The number of rotatable bonds is 3. The largest absolute Gasteiger partial charge is 0.356 e. The Morgan fingerprint density at radius 2 is 2.00 bits per heavy atom. The van der Waals surface area contributed by atoms with Gasteiger partial charge in [0.15, 0.2) is 5.58 Å². The van der Waals surface area contributed by atoms with Gasteiger partial charge in [-0.05, 0) is 23.8 Å². The van der Waals surface area contributed by atoms with Gasteiger partial charge in [-0.1, -0.05) is 35.5 Å². The average molecular weight is 336 g/mol. The standard InChI is InChI=1S/C18H16N4O3/c23-17-14(9-11-5-1-3-7-13(11)20-17)21-18(24)19-10-15-12-6-2-4-8-16(12)25-22-15/h1-8,14H,9-10H2,(H,20,23)(H2,19,21,24). The first kappa shape index (κ1) is 15.2. The summed E-state index contributed by atoms with van der Waals surface area (Å²) in [5.74, 6) is -0.222. The molecule has 1 unspecified atom stereocenters. The van der Waals surface area contributed by atoms with Crippen LogP contribution in [0.3, 0.4) is 0 Å². The highest BCUT2D eigenvalue weighted by Crippen LogP contribution is 2.22. The summed E-state index contributed by atoms with van der Waals surface area (Å²) < 4.78 is 5.20. The second-order valence-electron chi connectivity index (χ2n) is 5.86. The lowest BCUT2D eigenvalue weighted by Gasteiger charge is -2.25. The predicted octanol–water partition coefficient (Wildman–Crippen LogP) is 2.19. The maximum atomic E-state index is 12.1. The minimum atomic E-state index is -0.607. The predicted molar refractivity (Wildman–Crippen MR) is 91.9 cm³/mol. The van der Waals surface area contributed by atoms with Crippen LogP contribution in [0.4, 0.5) is 10.5 Å². The zero-order chi connectivity index (χ0) is 17.2.